The van der Waals surface area contributed by atoms with Gasteiger partial charge in [-0.05, 0) is 25.8 Å². The van der Waals surface area contributed by atoms with Gasteiger partial charge < -0.3 is 15.0 Å². The molecule has 0 aromatic carbocycles. The van der Waals surface area contributed by atoms with Crippen LogP contribution in [0.15, 0.2) is 0 Å². The van der Waals surface area contributed by atoms with Crippen LogP contribution in [0.5, 0.6) is 0 Å². The zero-order valence-corrected chi connectivity index (χ0v) is 9.95. The highest BCUT2D eigenvalue weighted by molar-refractivity contribution is 5.67. The molecule has 1 N–H and O–H groups in total. The first-order chi connectivity index (χ1) is 7.15. The van der Waals surface area contributed by atoms with Crippen molar-refractivity contribution in [1.29, 1.82) is 0 Å². The molecule has 1 amide bonds. The van der Waals surface area contributed by atoms with Crippen LogP contribution in [0.25, 0.3) is 0 Å². The molecule has 1 heterocycles. The number of nitrogens with one attached hydrogen (secondary N) is 1. The van der Waals surface area contributed by atoms with E-state index in [0.717, 1.165) is 26.1 Å². The molecule has 0 bridgehead atoms. The first kappa shape index (κ1) is 12.3. The normalized spacial score (nSPS) is 22.7. The number of carbonyl (C=O) groups is 1. The van der Waals surface area contributed by atoms with Crippen molar-refractivity contribution in [2.75, 3.05) is 26.2 Å². The van der Waals surface area contributed by atoms with E-state index in [1.165, 1.54) is 0 Å². The van der Waals surface area contributed by atoms with Crippen LogP contribution in [-0.4, -0.2) is 43.3 Å². The minimum Gasteiger partial charge on any atom is -0.450 e. The summed E-state index contributed by atoms with van der Waals surface area (Å²) in [7, 11) is 0. The van der Waals surface area contributed by atoms with Crippen LogP contribution in [0, 0.1) is 5.92 Å². The van der Waals surface area contributed by atoms with E-state index in [1.807, 2.05) is 11.8 Å². The highest BCUT2D eigenvalue weighted by Crippen LogP contribution is 2.09. The Morgan fingerprint density at radius 1 is 1.60 bits per heavy atom. The van der Waals surface area contributed by atoms with E-state index in [2.05, 4.69) is 19.2 Å². The fraction of sp³-hybridized carbons (Fsp3) is 0.909. The van der Waals surface area contributed by atoms with Crippen molar-refractivity contribution >= 4 is 6.09 Å². The quantitative estimate of drug-likeness (QED) is 0.756. The maximum Gasteiger partial charge on any atom is 0.409 e. The van der Waals surface area contributed by atoms with Gasteiger partial charge in [0.05, 0.1) is 6.61 Å². The third-order valence-electron chi connectivity index (χ3n) is 2.76. The lowest BCUT2D eigenvalue weighted by molar-refractivity contribution is 0.104. The summed E-state index contributed by atoms with van der Waals surface area (Å²) in [5, 5.41) is 3.46. The van der Waals surface area contributed by atoms with E-state index >= 15 is 0 Å². The van der Waals surface area contributed by atoms with E-state index in [0.29, 0.717) is 18.6 Å². The Bertz CT molecular complexity index is 207. The molecule has 1 unspecified atom stereocenters. The lowest BCUT2D eigenvalue weighted by Crippen LogP contribution is -2.43. The molecule has 1 aliphatic rings. The van der Waals surface area contributed by atoms with E-state index in [4.69, 9.17) is 4.74 Å². The van der Waals surface area contributed by atoms with E-state index in [1.54, 1.807) is 0 Å². The molecule has 0 aromatic rings. The molecular weight excluding hydrogens is 192 g/mol. The van der Waals surface area contributed by atoms with Gasteiger partial charge in [0.25, 0.3) is 0 Å². The predicted octanol–water partition coefficient (Wildman–Crippen LogP) is 1.46. The van der Waals surface area contributed by atoms with Crippen LogP contribution in [-0.2, 0) is 4.74 Å². The molecule has 1 fully saturated rings. The van der Waals surface area contributed by atoms with Crippen LogP contribution in [0.4, 0.5) is 4.79 Å². The largest absolute Gasteiger partial charge is 0.450 e. The number of hydrogen-bond donors (Lipinski definition) is 1. The molecule has 1 saturated heterocycles. The summed E-state index contributed by atoms with van der Waals surface area (Å²) in [6.45, 7) is 9.19. The first-order valence-corrected chi connectivity index (χ1v) is 5.80. The van der Waals surface area contributed by atoms with Crippen molar-refractivity contribution in [3.05, 3.63) is 0 Å². The first-order valence-electron chi connectivity index (χ1n) is 5.80. The van der Waals surface area contributed by atoms with Crippen molar-refractivity contribution in [2.45, 2.75) is 33.2 Å². The summed E-state index contributed by atoms with van der Waals surface area (Å²) in [6.07, 6.45) is 0.828. The van der Waals surface area contributed by atoms with Gasteiger partial charge in [0, 0.05) is 19.1 Å². The van der Waals surface area contributed by atoms with Crippen molar-refractivity contribution in [3.8, 4) is 0 Å². The number of rotatable bonds is 2. The van der Waals surface area contributed by atoms with E-state index in [-0.39, 0.29) is 6.09 Å². The Hall–Kier alpha value is -0.770. The minimum atomic E-state index is -0.174. The van der Waals surface area contributed by atoms with Crippen LogP contribution in [0.2, 0.25) is 0 Å². The molecule has 4 heteroatoms. The molecular formula is C11H22N2O2. The molecule has 4 nitrogen and oxygen atoms in total. The molecule has 0 aliphatic carbocycles. The van der Waals surface area contributed by atoms with Gasteiger partial charge >= 0.3 is 6.09 Å². The average Bonchev–Trinajstić information content (AvgIpc) is 2.43. The Balaban J connectivity index is 2.52. The minimum absolute atomic E-state index is 0.174. The van der Waals surface area contributed by atoms with E-state index in [9.17, 15) is 4.79 Å². The van der Waals surface area contributed by atoms with Gasteiger partial charge in [-0.15, -0.1) is 0 Å². The molecule has 0 aromatic heterocycles. The van der Waals surface area contributed by atoms with E-state index < -0.39 is 0 Å². The van der Waals surface area contributed by atoms with Crippen molar-refractivity contribution in [1.82, 2.24) is 10.2 Å². The smallest absolute Gasteiger partial charge is 0.409 e. The second-order valence-electron chi connectivity index (χ2n) is 4.30. The van der Waals surface area contributed by atoms with Gasteiger partial charge in [-0.25, -0.2) is 4.79 Å². The molecule has 0 radical (unpaired) electrons. The van der Waals surface area contributed by atoms with Gasteiger partial charge in [-0.1, -0.05) is 13.8 Å². The number of amides is 1. The third kappa shape index (κ3) is 3.70. The van der Waals surface area contributed by atoms with Crippen LogP contribution >= 0.6 is 0 Å². The topological polar surface area (TPSA) is 41.6 Å². The van der Waals surface area contributed by atoms with Crippen LogP contribution < -0.4 is 5.32 Å². The van der Waals surface area contributed by atoms with Crippen molar-refractivity contribution in [3.63, 3.8) is 0 Å². The Labute approximate surface area is 92.0 Å². The fourth-order valence-corrected chi connectivity index (χ4v) is 1.78. The highest BCUT2D eigenvalue weighted by atomic mass is 16.6. The number of carbonyl (C=O) groups excluding carboxylic acids is 1. The summed E-state index contributed by atoms with van der Waals surface area (Å²) in [4.78, 5) is 13.4. The SMILES string of the molecule is CCOC(=O)N1CCCNC(C(C)C)C1. The number of hydrogen-bond acceptors (Lipinski definition) is 3. The fourth-order valence-electron chi connectivity index (χ4n) is 1.78. The Morgan fingerprint density at radius 2 is 2.33 bits per heavy atom. The lowest BCUT2D eigenvalue weighted by atomic mass is 10.0. The Morgan fingerprint density at radius 3 is 2.93 bits per heavy atom. The van der Waals surface area contributed by atoms with Gasteiger partial charge in [0.2, 0.25) is 0 Å². The monoisotopic (exact) mass is 214 g/mol. The Kier molecular flexibility index (Phi) is 4.88. The molecule has 88 valence electrons. The second kappa shape index (κ2) is 5.95. The van der Waals surface area contributed by atoms with Gasteiger partial charge in [0.15, 0.2) is 0 Å². The van der Waals surface area contributed by atoms with Crippen molar-refractivity contribution < 1.29 is 9.53 Å². The number of nitrogens with zero attached hydrogens (tertiary/aromatic N) is 1. The summed E-state index contributed by atoms with van der Waals surface area (Å²) in [5.74, 6) is 0.542. The molecule has 1 atom stereocenters. The molecule has 15 heavy (non-hydrogen) atoms. The zero-order chi connectivity index (χ0) is 11.3. The maximum atomic E-state index is 11.6. The molecule has 0 saturated carbocycles. The lowest BCUT2D eigenvalue weighted by Gasteiger charge is -2.26. The van der Waals surface area contributed by atoms with Gasteiger partial charge in [-0.3, -0.25) is 0 Å². The number of ether oxygens (including phenoxy) is 1. The summed E-state index contributed by atoms with van der Waals surface area (Å²) < 4.78 is 5.02. The van der Waals surface area contributed by atoms with Crippen molar-refractivity contribution in [2.24, 2.45) is 5.92 Å². The predicted molar refractivity (Wildman–Crippen MR) is 59.8 cm³/mol. The van der Waals surface area contributed by atoms with Crippen LogP contribution in [0.1, 0.15) is 27.2 Å². The maximum absolute atomic E-state index is 11.6. The molecule has 0 spiro atoms. The van der Waals surface area contributed by atoms with Gasteiger partial charge in [-0.2, -0.15) is 0 Å². The third-order valence-corrected chi connectivity index (χ3v) is 2.76. The highest BCUT2D eigenvalue weighted by Gasteiger charge is 2.23. The summed E-state index contributed by atoms with van der Waals surface area (Å²) >= 11 is 0. The average molecular weight is 214 g/mol. The molecule has 1 aliphatic heterocycles. The molecule has 1 rings (SSSR count). The zero-order valence-electron chi connectivity index (χ0n) is 9.95. The summed E-state index contributed by atoms with van der Waals surface area (Å²) in [6, 6.07) is 0.386. The standard InChI is InChI=1S/C11H22N2O2/c1-4-15-11(14)13-7-5-6-12-10(8-13)9(2)3/h9-10,12H,4-8H2,1-3H3. The van der Waals surface area contributed by atoms with Gasteiger partial charge in [0.1, 0.15) is 0 Å². The second-order valence-corrected chi connectivity index (χ2v) is 4.30. The van der Waals surface area contributed by atoms with Crippen LogP contribution in [0.3, 0.4) is 0 Å². The summed E-state index contributed by atoms with van der Waals surface area (Å²) in [5.41, 5.74) is 0.